The molecule has 0 saturated carbocycles. The number of nitrogens with zero attached hydrogens (tertiary/aromatic N) is 1. The molecular formula is C19H23F2N3O. The molecule has 134 valence electrons. The van der Waals surface area contributed by atoms with E-state index in [0.29, 0.717) is 19.5 Å². The number of carbonyl (C=O) groups is 1. The van der Waals surface area contributed by atoms with E-state index in [2.05, 4.69) is 10.6 Å². The Labute approximate surface area is 146 Å². The maximum Gasteiger partial charge on any atom is 0.314 e. The van der Waals surface area contributed by atoms with E-state index in [1.165, 1.54) is 24.3 Å². The SMILES string of the molecule is CN(C)C(CNC(=O)NCCc1ccc(F)cc1)c1cccc(F)c1. The lowest BCUT2D eigenvalue weighted by Crippen LogP contribution is -2.41. The van der Waals surface area contributed by atoms with Crippen molar-refractivity contribution in [1.29, 1.82) is 0 Å². The maximum atomic E-state index is 13.4. The van der Waals surface area contributed by atoms with Gasteiger partial charge >= 0.3 is 6.03 Å². The molecule has 0 aliphatic heterocycles. The normalized spacial score (nSPS) is 12.0. The standard InChI is InChI=1S/C19H23F2N3O/c1-24(2)18(15-4-3-5-17(21)12-15)13-23-19(25)22-11-10-14-6-8-16(20)9-7-14/h3-9,12,18H,10-11,13H2,1-2H3,(H2,22,23,25). The first-order valence-electron chi connectivity index (χ1n) is 8.14. The maximum absolute atomic E-state index is 13.4. The summed E-state index contributed by atoms with van der Waals surface area (Å²) in [6.07, 6.45) is 0.620. The van der Waals surface area contributed by atoms with Crippen molar-refractivity contribution in [1.82, 2.24) is 15.5 Å². The zero-order valence-electron chi connectivity index (χ0n) is 14.4. The second-order valence-electron chi connectivity index (χ2n) is 6.05. The molecule has 0 fully saturated rings. The van der Waals surface area contributed by atoms with Crippen LogP contribution < -0.4 is 10.6 Å². The lowest BCUT2D eigenvalue weighted by Gasteiger charge is -2.25. The number of hydrogen-bond donors (Lipinski definition) is 2. The van der Waals surface area contributed by atoms with E-state index in [1.54, 1.807) is 18.2 Å². The first kappa shape index (κ1) is 18.9. The van der Waals surface area contributed by atoms with Crippen LogP contribution in [-0.4, -0.2) is 38.1 Å². The van der Waals surface area contributed by atoms with Gasteiger partial charge in [0, 0.05) is 13.1 Å². The third kappa shape index (κ3) is 6.15. The highest BCUT2D eigenvalue weighted by atomic mass is 19.1. The van der Waals surface area contributed by atoms with Gasteiger partial charge in [-0.25, -0.2) is 13.6 Å². The topological polar surface area (TPSA) is 44.4 Å². The molecule has 0 saturated heterocycles. The van der Waals surface area contributed by atoms with Gasteiger partial charge in [0.05, 0.1) is 6.04 Å². The molecule has 0 radical (unpaired) electrons. The van der Waals surface area contributed by atoms with E-state index < -0.39 is 0 Å². The zero-order chi connectivity index (χ0) is 18.2. The number of urea groups is 1. The lowest BCUT2D eigenvalue weighted by atomic mass is 10.1. The molecule has 1 atom stereocenters. The second kappa shape index (κ2) is 9.13. The van der Waals surface area contributed by atoms with E-state index in [0.717, 1.165) is 11.1 Å². The van der Waals surface area contributed by atoms with Crippen LogP contribution in [0.3, 0.4) is 0 Å². The van der Waals surface area contributed by atoms with Crippen molar-refractivity contribution in [3.8, 4) is 0 Å². The molecule has 2 amide bonds. The highest BCUT2D eigenvalue weighted by molar-refractivity contribution is 5.73. The van der Waals surface area contributed by atoms with Crippen LogP contribution in [0.1, 0.15) is 17.2 Å². The highest BCUT2D eigenvalue weighted by Gasteiger charge is 2.15. The fourth-order valence-electron chi connectivity index (χ4n) is 2.54. The van der Waals surface area contributed by atoms with Gasteiger partial charge in [0.1, 0.15) is 11.6 Å². The van der Waals surface area contributed by atoms with Gasteiger partial charge in [0.15, 0.2) is 0 Å². The average Bonchev–Trinajstić information content (AvgIpc) is 2.56. The molecule has 2 N–H and O–H groups in total. The van der Waals surface area contributed by atoms with Gasteiger partial charge in [-0.15, -0.1) is 0 Å². The van der Waals surface area contributed by atoms with Crippen molar-refractivity contribution in [2.75, 3.05) is 27.2 Å². The summed E-state index contributed by atoms with van der Waals surface area (Å²) in [7, 11) is 3.76. The molecule has 0 aliphatic rings. The summed E-state index contributed by atoms with van der Waals surface area (Å²) in [5, 5.41) is 5.57. The van der Waals surface area contributed by atoms with Crippen molar-refractivity contribution in [3.63, 3.8) is 0 Å². The summed E-state index contributed by atoms with van der Waals surface area (Å²) in [6, 6.07) is 12.1. The van der Waals surface area contributed by atoms with Gasteiger partial charge < -0.3 is 15.5 Å². The summed E-state index contributed by atoms with van der Waals surface area (Å²) in [6.45, 7) is 0.808. The first-order valence-corrected chi connectivity index (χ1v) is 8.14. The zero-order valence-corrected chi connectivity index (χ0v) is 14.4. The predicted octanol–water partition coefficient (Wildman–Crippen LogP) is 3.11. The minimum atomic E-state index is -0.298. The molecule has 0 aromatic heterocycles. The molecular weight excluding hydrogens is 324 g/mol. The van der Waals surface area contributed by atoms with E-state index in [4.69, 9.17) is 0 Å². The summed E-state index contributed by atoms with van der Waals surface area (Å²) in [5.41, 5.74) is 1.75. The number of amides is 2. The van der Waals surface area contributed by atoms with Crippen molar-refractivity contribution in [2.24, 2.45) is 0 Å². The molecule has 25 heavy (non-hydrogen) atoms. The van der Waals surface area contributed by atoms with E-state index >= 15 is 0 Å². The molecule has 0 spiro atoms. The minimum absolute atomic E-state index is 0.126. The smallest absolute Gasteiger partial charge is 0.314 e. The van der Waals surface area contributed by atoms with Crippen LogP contribution >= 0.6 is 0 Å². The Balaban J connectivity index is 1.79. The quantitative estimate of drug-likeness (QED) is 0.808. The van der Waals surface area contributed by atoms with E-state index in [1.807, 2.05) is 25.1 Å². The lowest BCUT2D eigenvalue weighted by molar-refractivity contribution is 0.233. The van der Waals surface area contributed by atoms with Crippen LogP contribution in [0.25, 0.3) is 0 Å². The number of likely N-dealkylation sites (N-methyl/N-ethyl adjacent to an activating group) is 1. The van der Waals surface area contributed by atoms with Crippen molar-refractivity contribution in [3.05, 3.63) is 71.3 Å². The second-order valence-corrected chi connectivity index (χ2v) is 6.05. The Morgan fingerprint density at radius 1 is 1.04 bits per heavy atom. The molecule has 2 aromatic carbocycles. The monoisotopic (exact) mass is 347 g/mol. The van der Waals surface area contributed by atoms with Crippen LogP contribution in [0, 0.1) is 11.6 Å². The largest absolute Gasteiger partial charge is 0.338 e. The fraction of sp³-hybridized carbons (Fsp3) is 0.316. The Morgan fingerprint density at radius 2 is 1.76 bits per heavy atom. The summed E-state index contributed by atoms with van der Waals surface area (Å²) >= 11 is 0. The van der Waals surface area contributed by atoms with Crippen molar-refractivity contribution in [2.45, 2.75) is 12.5 Å². The van der Waals surface area contributed by atoms with Crippen LogP contribution in [-0.2, 0) is 6.42 Å². The molecule has 2 aromatic rings. The Bertz CT molecular complexity index is 689. The number of halogens is 2. The molecule has 0 bridgehead atoms. The highest BCUT2D eigenvalue weighted by Crippen LogP contribution is 2.18. The Hall–Kier alpha value is -2.47. The predicted molar refractivity (Wildman–Crippen MR) is 94.3 cm³/mol. The summed E-state index contributed by atoms with van der Waals surface area (Å²) in [5.74, 6) is -0.574. The fourth-order valence-corrected chi connectivity index (χ4v) is 2.54. The molecule has 0 aliphatic carbocycles. The van der Waals surface area contributed by atoms with Gasteiger partial charge in [0.25, 0.3) is 0 Å². The van der Waals surface area contributed by atoms with Crippen LogP contribution in [0.5, 0.6) is 0 Å². The third-order valence-corrected chi connectivity index (χ3v) is 3.93. The number of rotatable bonds is 7. The van der Waals surface area contributed by atoms with Crippen LogP contribution in [0.15, 0.2) is 48.5 Å². The van der Waals surface area contributed by atoms with Crippen molar-refractivity contribution >= 4 is 6.03 Å². The van der Waals surface area contributed by atoms with Crippen LogP contribution in [0.4, 0.5) is 13.6 Å². The van der Waals surface area contributed by atoms with Crippen LogP contribution in [0.2, 0.25) is 0 Å². The molecule has 1 unspecified atom stereocenters. The molecule has 4 nitrogen and oxygen atoms in total. The van der Waals surface area contributed by atoms with E-state index in [-0.39, 0.29) is 23.7 Å². The van der Waals surface area contributed by atoms with Gasteiger partial charge in [0.2, 0.25) is 0 Å². The van der Waals surface area contributed by atoms with E-state index in [9.17, 15) is 13.6 Å². The van der Waals surface area contributed by atoms with Gasteiger partial charge in [-0.3, -0.25) is 0 Å². The Kier molecular flexibility index (Phi) is 6.89. The van der Waals surface area contributed by atoms with Gasteiger partial charge in [-0.1, -0.05) is 24.3 Å². The molecule has 6 heteroatoms. The molecule has 0 heterocycles. The third-order valence-electron chi connectivity index (χ3n) is 3.93. The number of hydrogen-bond acceptors (Lipinski definition) is 2. The average molecular weight is 347 g/mol. The van der Waals surface area contributed by atoms with Gasteiger partial charge in [-0.2, -0.15) is 0 Å². The molecule has 2 rings (SSSR count). The number of benzene rings is 2. The van der Waals surface area contributed by atoms with Gasteiger partial charge in [-0.05, 0) is 55.9 Å². The number of carbonyl (C=O) groups excluding carboxylic acids is 1. The summed E-state index contributed by atoms with van der Waals surface area (Å²) in [4.78, 5) is 13.9. The minimum Gasteiger partial charge on any atom is -0.338 e. The van der Waals surface area contributed by atoms with Crippen molar-refractivity contribution < 1.29 is 13.6 Å². The Morgan fingerprint density at radius 3 is 2.40 bits per heavy atom. The summed E-state index contributed by atoms with van der Waals surface area (Å²) < 4.78 is 26.2. The first-order chi connectivity index (χ1) is 12.0. The number of nitrogens with one attached hydrogen (secondary N) is 2.